The third kappa shape index (κ3) is 3.97. The number of halogens is 1. The summed E-state index contributed by atoms with van der Waals surface area (Å²) in [6, 6.07) is 14.8. The number of hydrogen-bond donors (Lipinski definition) is 1. The van der Waals surface area contributed by atoms with Gasteiger partial charge < -0.3 is 9.88 Å². The van der Waals surface area contributed by atoms with Crippen LogP contribution in [0.25, 0.3) is 10.9 Å². The van der Waals surface area contributed by atoms with E-state index in [0.717, 1.165) is 22.3 Å². The topological polar surface area (TPSA) is 51.1 Å². The van der Waals surface area contributed by atoms with E-state index in [1.54, 1.807) is 0 Å². The molecule has 5 heteroatoms. The Morgan fingerprint density at radius 3 is 2.36 bits per heavy atom. The first kappa shape index (κ1) is 20.2. The van der Waals surface area contributed by atoms with Gasteiger partial charge in [0.25, 0.3) is 0 Å². The predicted molar refractivity (Wildman–Crippen MR) is 115 cm³/mol. The Bertz CT molecular complexity index is 1070. The number of fused-ring (bicyclic) bond motifs is 1. The van der Waals surface area contributed by atoms with Crippen LogP contribution in [0.15, 0.2) is 53.3 Å². The summed E-state index contributed by atoms with van der Waals surface area (Å²) in [5, 5.41) is 4.35. The molecule has 0 saturated carbocycles. The van der Waals surface area contributed by atoms with Gasteiger partial charge in [0, 0.05) is 21.7 Å². The van der Waals surface area contributed by atoms with Crippen molar-refractivity contribution in [3.8, 4) is 0 Å². The van der Waals surface area contributed by atoms with Gasteiger partial charge in [-0.15, -0.1) is 0 Å². The minimum atomic E-state index is -0.139. The summed E-state index contributed by atoms with van der Waals surface area (Å²) >= 11 is 5.94. The van der Waals surface area contributed by atoms with Gasteiger partial charge >= 0.3 is 0 Å². The largest absolute Gasteiger partial charge is 0.348 e. The quantitative estimate of drug-likeness (QED) is 0.662. The third-order valence-corrected chi connectivity index (χ3v) is 5.36. The standard InChI is InChI=1S/C23H25ClN2O2/c1-14(2)22-16(4)26(20-8-6-5-7-19(20)23(22)28)13-21(27)25-15(3)17-9-11-18(24)12-10-17/h5-12,14-15H,13H2,1-4H3,(H,25,27). The van der Waals surface area contributed by atoms with Crippen LogP contribution in [0.5, 0.6) is 0 Å². The zero-order valence-electron chi connectivity index (χ0n) is 16.6. The zero-order valence-corrected chi connectivity index (χ0v) is 17.4. The number of benzene rings is 2. The fourth-order valence-corrected chi connectivity index (χ4v) is 3.81. The van der Waals surface area contributed by atoms with Crippen molar-refractivity contribution in [1.82, 2.24) is 9.88 Å². The fraction of sp³-hybridized carbons (Fsp3) is 0.304. The Morgan fingerprint density at radius 1 is 1.07 bits per heavy atom. The van der Waals surface area contributed by atoms with Crippen LogP contribution in [0.1, 0.15) is 49.6 Å². The molecule has 0 saturated heterocycles. The molecular weight excluding hydrogens is 372 g/mol. The maximum absolute atomic E-state index is 12.9. The van der Waals surface area contributed by atoms with Crippen molar-refractivity contribution < 1.29 is 4.79 Å². The normalized spacial score (nSPS) is 12.4. The predicted octanol–water partition coefficient (Wildman–Crippen LogP) is 4.96. The van der Waals surface area contributed by atoms with Gasteiger partial charge in [-0.05, 0) is 49.6 Å². The molecule has 1 unspecified atom stereocenters. The highest BCUT2D eigenvalue weighted by Gasteiger charge is 2.18. The summed E-state index contributed by atoms with van der Waals surface area (Å²) in [5.41, 5.74) is 3.42. The summed E-state index contributed by atoms with van der Waals surface area (Å²) in [4.78, 5) is 25.7. The molecule has 1 aromatic heterocycles. The molecule has 0 radical (unpaired) electrons. The van der Waals surface area contributed by atoms with Crippen LogP contribution in [0, 0.1) is 6.92 Å². The van der Waals surface area contributed by atoms with Crippen molar-refractivity contribution in [3.63, 3.8) is 0 Å². The van der Waals surface area contributed by atoms with Crippen LogP contribution in [0.3, 0.4) is 0 Å². The number of nitrogens with zero attached hydrogens (tertiary/aromatic N) is 1. The number of pyridine rings is 1. The minimum Gasteiger partial charge on any atom is -0.348 e. The lowest BCUT2D eigenvalue weighted by Crippen LogP contribution is -2.32. The van der Waals surface area contributed by atoms with Gasteiger partial charge in [0.2, 0.25) is 5.91 Å². The highest BCUT2D eigenvalue weighted by Crippen LogP contribution is 2.22. The first-order valence-corrected chi connectivity index (χ1v) is 9.84. The van der Waals surface area contributed by atoms with E-state index >= 15 is 0 Å². The fourth-order valence-electron chi connectivity index (χ4n) is 3.69. The number of para-hydroxylation sites is 1. The van der Waals surface area contributed by atoms with E-state index in [-0.39, 0.29) is 29.8 Å². The Hall–Kier alpha value is -2.59. The van der Waals surface area contributed by atoms with Crippen LogP contribution < -0.4 is 10.7 Å². The second kappa shape index (κ2) is 8.19. The number of nitrogens with one attached hydrogen (secondary N) is 1. The van der Waals surface area contributed by atoms with Gasteiger partial charge in [-0.2, -0.15) is 0 Å². The average molecular weight is 397 g/mol. The van der Waals surface area contributed by atoms with E-state index in [9.17, 15) is 9.59 Å². The van der Waals surface area contributed by atoms with Crippen LogP contribution in [0.2, 0.25) is 5.02 Å². The first-order valence-electron chi connectivity index (χ1n) is 9.46. The molecule has 2 aromatic carbocycles. The van der Waals surface area contributed by atoms with E-state index in [2.05, 4.69) is 5.32 Å². The van der Waals surface area contributed by atoms with Gasteiger partial charge in [0.05, 0.1) is 11.6 Å². The molecule has 0 aliphatic carbocycles. The van der Waals surface area contributed by atoms with Crippen molar-refractivity contribution in [2.45, 2.75) is 46.2 Å². The molecule has 4 nitrogen and oxygen atoms in total. The monoisotopic (exact) mass is 396 g/mol. The van der Waals surface area contributed by atoms with Crippen molar-refractivity contribution in [2.24, 2.45) is 0 Å². The van der Waals surface area contributed by atoms with E-state index in [4.69, 9.17) is 11.6 Å². The summed E-state index contributed by atoms with van der Waals surface area (Å²) in [6.07, 6.45) is 0. The number of amides is 1. The minimum absolute atomic E-state index is 0.0503. The number of rotatable bonds is 5. The molecule has 1 heterocycles. The SMILES string of the molecule is Cc1c(C(C)C)c(=O)c2ccccc2n1CC(=O)NC(C)c1ccc(Cl)cc1. The number of carbonyl (C=O) groups excluding carboxylic acids is 1. The maximum atomic E-state index is 12.9. The van der Waals surface area contributed by atoms with E-state index in [1.807, 2.05) is 80.8 Å². The molecule has 0 bridgehead atoms. The van der Waals surface area contributed by atoms with E-state index in [0.29, 0.717) is 10.4 Å². The molecule has 0 aliphatic rings. The molecule has 3 rings (SSSR count). The second-order valence-corrected chi connectivity index (χ2v) is 7.86. The first-order chi connectivity index (χ1) is 13.3. The molecule has 1 atom stereocenters. The third-order valence-electron chi connectivity index (χ3n) is 5.11. The number of aromatic nitrogens is 1. The number of carbonyl (C=O) groups is 1. The molecule has 0 fully saturated rings. The molecule has 28 heavy (non-hydrogen) atoms. The van der Waals surface area contributed by atoms with Crippen molar-refractivity contribution >= 4 is 28.4 Å². The summed E-state index contributed by atoms with van der Waals surface area (Å²) in [5.74, 6) is -0.0199. The number of hydrogen-bond acceptors (Lipinski definition) is 2. The van der Waals surface area contributed by atoms with Crippen LogP contribution in [-0.2, 0) is 11.3 Å². The van der Waals surface area contributed by atoms with Crippen molar-refractivity contribution in [1.29, 1.82) is 0 Å². The molecule has 1 N–H and O–H groups in total. The molecule has 0 aliphatic heterocycles. The molecule has 1 amide bonds. The molecule has 3 aromatic rings. The molecular formula is C23H25ClN2O2. The van der Waals surface area contributed by atoms with Crippen LogP contribution in [-0.4, -0.2) is 10.5 Å². The lowest BCUT2D eigenvalue weighted by atomic mass is 9.98. The Kier molecular flexibility index (Phi) is 5.90. The Balaban J connectivity index is 1.94. The van der Waals surface area contributed by atoms with E-state index < -0.39 is 0 Å². The van der Waals surface area contributed by atoms with Crippen LogP contribution >= 0.6 is 11.6 Å². The summed E-state index contributed by atoms with van der Waals surface area (Å²) < 4.78 is 1.94. The summed E-state index contributed by atoms with van der Waals surface area (Å²) in [6.45, 7) is 8.03. The average Bonchev–Trinajstić information content (AvgIpc) is 2.65. The Morgan fingerprint density at radius 2 is 1.71 bits per heavy atom. The smallest absolute Gasteiger partial charge is 0.240 e. The lowest BCUT2D eigenvalue weighted by Gasteiger charge is -2.21. The van der Waals surface area contributed by atoms with Gasteiger partial charge in [0.1, 0.15) is 6.54 Å². The van der Waals surface area contributed by atoms with Gasteiger partial charge in [-0.1, -0.05) is 49.7 Å². The van der Waals surface area contributed by atoms with Gasteiger partial charge in [-0.25, -0.2) is 0 Å². The van der Waals surface area contributed by atoms with Gasteiger partial charge in [0.15, 0.2) is 5.43 Å². The highest BCUT2D eigenvalue weighted by molar-refractivity contribution is 6.30. The van der Waals surface area contributed by atoms with E-state index in [1.165, 1.54) is 0 Å². The van der Waals surface area contributed by atoms with Gasteiger partial charge in [-0.3, -0.25) is 9.59 Å². The highest BCUT2D eigenvalue weighted by atomic mass is 35.5. The van der Waals surface area contributed by atoms with Crippen molar-refractivity contribution in [2.75, 3.05) is 0 Å². The van der Waals surface area contributed by atoms with Crippen LogP contribution in [0.4, 0.5) is 0 Å². The summed E-state index contributed by atoms with van der Waals surface area (Å²) in [7, 11) is 0. The maximum Gasteiger partial charge on any atom is 0.240 e. The lowest BCUT2D eigenvalue weighted by molar-refractivity contribution is -0.122. The zero-order chi connectivity index (χ0) is 20.4. The second-order valence-electron chi connectivity index (χ2n) is 7.43. The Labute approximate surface area is 170 Å². The molecule has 0 spiro atoms. The van der Waals surface area contributed by atoms with Crippen molar-refractivity contribution in [3.05, 3.63) is 80.6 Å². The molecule has 146 valence electrons.